The van der Waals surface area contributed by atoms with Crippen molar-refractivity contribution in [2.75, 3.05) is 26.2 Å². The molecule has 1 saturated heterocycles. The molecule has 0 bridgehead atoms. The number of benzene rings is 2. The average molecular weight is 253 g/mol. The number of ether oxygens (including phenoxy) is 1. The fourth-order valence-corrected chi connectivity index (χ4v) is 2.23. The Labute approximate surface area is 114 Å². The molecule has 0 unspecified atom stereocenters. The maximum absolute atomic E-state index is 6.12. The highest BCUT2D eigenvalue weighted by molar-refractivity contribution is 5.29. The second kappa shape index (κ2) is 6.00. The molecule has 0 spiro atoms. The van der Waals surface area contributed by atoms with Gasteiger partial charge in [0.1, 0.15) is 6.10 Å². The smallest absolute Gasteiger partial charge is 0.108 e. The van der Waals surface area contributed by atoms with Gasteiger partial charge in [-0.05, 0) is 11.1 Å². The molecule has 1 aliphatic heterocycles. The molecule has 0 radical (unpaired) electrons. The summed E-state index contributed by atoms with van der Waals surface area (Å²) in [6, 6.07) is 20.9. The maximum atomic E-state index is 6.12. The summed E-state index contributed by atoms with van der Waals surface area (Å²) in [5, 5.41) is 0. The van der Waals surface area contributed by atoms with Crippen LogP contribution in [-0.4, -0.2) is 31.1 Å². The van der Waals surface area contributed by atoms with Crippen LogP contribution in [-0.2, 0) is 4.74 Å². The molecule has 0 N–H and O–H groups in total. The normalized spacial score (nSPS) is 14.8. The Morgan fingerprint density at radius 3 is 1.84 bits per heavy atom. The van der Waals surface area contributed by atoms with Crippen LogP contribution in [0.25, 0.3) is 0 Å². The summed E-state index contributed by atoms with van der Waals surface area (Å²) >= 11 is 0. The number of nitrogens with zero attached hydrogens (tertiary/aromatic N) is 1. The van der Waals surface area contributed by atoms with Gasteiger partial charge in [0.2, 0.25) is 0 Å². The Bertz CT molecular complexity index is 454. The predicted octanol–water partition coefficient (Wildman–Crippen LogP) is 3.11. The van der Waals surface area contributed by atoms with Gasteiger partial charge in [0, 0.05) is 19.6 Å². The average Bonchev–Trinajstić information content (AvgIpc) is 3.30. The Hall–Kier alpha value is -1.64. The zero-order chi connectivity index (χ0) is 12.9. The molecule has 3 rings (SSSR count). The zero-order valence-corrected chi connectivity index (χ0v) is 11.0. The third-order valence-corrected chi connectivity index (χ3v) is 3.44. The molecule has 0 aliphatic carbocycles. The SMILES string of the molecule is c1ccc(C(OCCN2CC2)c2ccccc2)cc1. The molecule has 1 fully saturated rings. The first-order valence-electron chi connectivity index (χ1n) is 6.87. The maximum Gasteiger partial charge on any atom is 0.108 e. The summed E-state index contributed by atoms with van der Waals surface area (Å²) in [7, 11) is 0. The van der Waals surface area contributed by atoms with Gasteiger partial charge in [0.25, 0.3) is 0 Å². The lowest BCUT2D eigenvalue weighted by Crippen LogP contribution is -2.13. The van der Waals surface area contributed by atoms with E-state index in [2.05, 4.69) is 53.4 Å². The van der Waals surface area contributed by atoms with Crippen LogP contribution in [0.2, 0.25) is 0 Å². The highest BCUT2D eigenvalue weighted by Gasteiger charge is 2.18. The molecule has 2 heteroatoms. The molecule has 2 aromatic carbocycles. The largest absolute Gasteiger partial charge is 0.367 e. The van der Waals surface area contributed by atoms with Gasteiger partial charge in [-0.3, -0.25) is 4.90 Å². The van der Waals surface area contributed by atoms with Crippen molar-refractivity contribution in [1.29, 1.82) is 0 Å². The monoisotopic (exact) mass is 253 g/mol. The first-order chi connectivity index (χ1) is 9.43. The van der Waals surface area contributed by atoms with E-state index in [1.807, 2.05) is 12.1 Å². The van der Waals surface area contributed by atoms with E-state index < -0.39 is 0 Å². The van der Waals surface area contributed by atoms with Gasteiger partial charge in [-0.2, -0.15) is 0 Å². The molecule has 0 aromatic heterocycles. The first kappa shape index (κ1) is 12.4. The fourth-order valence-electron chi connectivity index (χ4n) is 2.23. The lowest BCUT2D eigenvalue weighted by Gasteiger charge is -2.19. The van der Waals surface area contributed by atoms with Crippen LogP contribution in [0.4, 0.5) is 0 Å². The second-order valence-electron chi connectivity index (χ2n) is 4.91. The van der Waals surface area contributed by atoms with Crippen molar-refractivity contribution in [2.24, 2.45) is 0 Å². The van der Waals surface area contributed by atoms with Crippen molar-refractivity contribution in [1.82, 2.24) is 4.90 Å². The summed E-state index contributed by atoms with van der Waals surface area (Å²) in [4.78, 5) is 2.38. The molecule has 19 heavy (non-hydrogen) atoms. The summed E-state index contributed by atoms with van der Waals surface area (Å²) in [6.07, 6.45) is 0.0438. The number of hydrogen-bond acceptors (Lipinski definition) is 2. The Kier molecular flexibility index (Phi) is 3.92. The van der Waals surface area contributed by atoms with Crippen molar-refractivity contribution >= 4 is 0 Å². The quantitative estimate of drug-likeness (QED) is 0.733. The van der Waals surface area contributed by atoms with Gasteiger partial charge >= 0.3 is 0 Å². The van der Waals surface area contributed by atoms with Crippen molar-refractivity contribution in [3.63, 3.8) is 0 Å². The minimum absolute atomic E-state index is 0.0438. The topological polar surface area (TPSA) is 12.2 Å². The van der Waals surface area contributed by atoms with E-state index in [4.69, 9.17) is 4.74 Å². The molecule has 1 heterocycles. The number of rotatable bonds is 6. The minimum atomic E-state index is 0.0438. The van der Waals surface area contributed by atoms with Gasteiger partial charge in [-0.25, -0.2) is 0 Å². The summed E-state index contributed by atoms with van der Waals surface area (Å²) in [5.74, 6) is 0. The van der Waals surface area contributed by atoms with Gasteiger partial charge in [0.15, 0.2) is 0 Å². The molecule has 1 aliphatic rings. The van der Waals surface area contributed by atoms with Crippen LogP contribution in [0, 0.1) is 0 Å². The van der Waals surface area contributed by atoms with Crippen molar-refractivity contribution in [2.45, 2.75) is 6.10 Å². The molecule has 98 valence electrons. The van der Waals surface area contributed by atoms with E-state index in [1.54, 1.807) is 0 Å². The van der Waals surface area contributed by atoms with Crippen LogP contribution in [0.15, 0.2) is 60.7 Å². The van der Waals surface area contributed by atoms with Crippen LogP contribution in [0.3, 0.4) is 0 Å². The standard InChI is InChI=1S/C17H19NO/c1-3-7-15(8-4-1)17(16-9-5-2-6-10-16)19-14-13-18-11-12-18/h1-10,17H,11-14H2. The Balaban J connectivity index is 1.74. The fraction of sp³-hybridized carbons (Fsp3) is 0.294. The molecular formula is C17H19NO. The lowest BCUT2D eigenvalue weighted by molar-refractivity contribution is 0.0752. The highest BCUT2D eigenvalue weighted by Crippen LogP contribution is 2.25. The lowest BCUT2D eigenvalue weighted by atomic mass is 10.0. The highest BCUT2D eigenvalue weighted by atomic mass is 16.5. The molecule has 0 atom stereocenters. The van der Waals surface area contributed by atoms with E-state index in [9.17, 15) is 0 Å². The predicted molar refractivity (Wildman–Crippen MR) is 77.1 cm³/mol. The summed E-state index contributed by atoms with van der Waals surface area (Å²) < 4.78 is 6.12. The van der Waals surface area contributed by atoms with Crippen molar-refractivity contribution < 1.29 is 4.74 Å². The van der Waals surface area contributed by atoms with Crippen LogP contribution < -0.4 is 0 Å². The van der Waals surface area contributed by atoms with E-state index in [0.717, 1.165) is 13.2 Å². The van der Waals surface area contributed by atoms with Crippen LogP contribution in [0.5, 0.6) is 0 Å². The zero-order valence-electron chi connectivity index (χ0n) is 11.0. The van der Waals surface area contributed by atoms with Crippen molar-refractivity contribution in [3.8, 4) is 0 Å². The third kappa shape index (κ3) is 3.43. The van der Waals surface area contributed by atoms with Gasteiger partial charge in [-0.1, -0.05) is 60.7 Å². The van der Waals surface area contributed by atoms with Crippen molar-refractivity contribution in [3.05, 3.63) is 71.8 Å². The van der Waals surface area contributed by atoms with Crippen LogP contribution in [0.1, 0.15) is 17.2 Å². The molecule has 0 saturated carbocycles. The van der Waals surface area contributed by atoms with E-state index in [1.165, 1.54) is 24.2 Å². The number of hydrogen-bond donors (Lipinski definition) is 0. The van der Waals surface area contributed by atoms with Gasteiger partial charge in [0.05, 0.1) is 6.61 Å². The molecular weight excluding hydrogens is 234 g/mol. The molecule has 0 amide bonds. The van der Waals surface area contributed by atoms with E-state index in [-0.39, 0.29) is 6.10 Å². The first-order valence-corrected chi connectivity index (χ1v) is 6.87. The molecule has 2 nitrogen and oxygen atoms in total. The van der Waals surface area contributed by atoms with Gasteiger partial charge < -0.3 is 4.74 Å². The van der Waals surface area contributed by atoms with E-state index in [0.29, 0.717) is 0 Å². The van der Waals surface area contributed by atoms with E-state index >= 15 is 0 Å². The van der Waals surface area contributed by atoms with Gasteiger partial charge in [-0.15, -0.1) is 0 Å². The Morgan fingerprint density at radius 1 is 0.842 bits per heavy atom. The third-order valence-electron chi connectivity index (χ3n) is 3.44. The summed E-state index contributed by atoms with van der Waals surface area (Å²) in [5.41, 5.74) is 2.44. The Morgan fingerprint density at radius 2 is 1.37 bits per heavy atom. The summed E-state index contributed by atoms with van der Waals surface area (Å²) in [6.45, 7) is 4.28. The van der Waals surface area contributed by atoms with Crippen LogP contribution >= 0.6 is 0 Å². The minimum Gasteiger partial charge on any atom is -0.367 e. The molecule has 2 aromatic rings. The second-order valence-corrected chi connectivity index (χ2v) is 4.91.